The lowest BCUT2D eigenvalue weighted by atomic mass is 9.87. The van der Waals surface area contributed by atoms with Crippen LogP contribution in [0, 0.1) is 13.8 Å². The summed E-state index contributed by atoms with van der Waals surface area (Å²) in [5, 5.41) is 27.1. The first-order valence-electron chi connectivity index (χ1n) is 9.97. The first-order chi connectivity index (χ1) is 14.8. The predicted octanol–water partition coefficient (Wildman–Crippen LogP) is 2.77. The van der Waals surface area contributed by atoms with E-state index in [0.29, 0.717) is 22.5 Å². The zero-order valence-corrected chi connectivity index (χ0v) is 17.2. The quantitative estimate of drug-likeness (QED) is 0.559. The van der Waals surface area contributed by atoms with Gasteiger partial charge in [0.2, 0.25) is 0 Å². The highest BCUT2D eigenvalue weighted by Crippen LogP contribution is 2.30. The number of rotatable bonds is 5. The zero-order chi connectivity index (χ0) is 22.1. The van der Waals surface area contributed by atoms with Crippen LogP contribution in [0.15, 0.2) is 65.4 Å². The van der Waals surface area contributed by atoms with E-state index in [1.807, 2.05) is 38.1 Å². The second kappa shape index (κ2) is 8.20. The minimum absolute atomic E-state index is 0.0949. The highest BCUT2D eigenvalue weighted by atomic mass is 16.4. The fourth-order valence-corrected chi connectivity index (χ4v) is 4.09. The van der Waals surface area contributed by atoms with Gasteiger partial charge in [0.25, 0.3) is 5.91 Å². The maximum atomic E-state index is 12.5. The second-order valence-corrected chi connectivity index (χ2v) is 7.84. The molecule has 7 heteroatoms. The number of allylic oxidation sites excluding steroid dienone is 2. The number of carbonyl (C=O) groups excluding carboxylic acids is 1. The van der Waals surface area contributed by atoms with Crippen LogP contribution in [0.1, 0.15) is 33.7 Å². The summed E-state index contributed by atoms with van der Waals surface area (Å²) in [6.45, 7) is 4.03. The van der Waals surface area contributed by atoms with Crippen molar-refractivity contribution in [1.29, 1.82) is 0 Å². The van der Waals surface area contributed by atoms with Crippen LogP contribution in [0.5, 0.6) is 0 Å². The molecule has 2 atom stereocenters. The standard InChI is InChI=1S/C24H23N3O4/c1-13-9-14(2)11-16(10-13)17-6-4-8-19(23(17)30)26-27-22-21-15(12-20(28)29)5-3-7-18(21)25-24(22)31/h3-11,17,23,26,30H,12H2,1-2H3,(H,28,29)(H,25,27,31). The lowest BCUT2D eigenvalue weighted by Gasteiger charge is -2.26. The number of carbonyl (C=O) groups is 2. The average molecular weight is 417 g/mol. The molecule has 31 heavy (non-hydrogen) atoms. The van der Waals surface area contributed by atoms with Gasteiger partial charge in [0, 0.05) is 11.5 Å². The van der Waals surface area contributed by atoms with E-state index in [-0.39, 0.29) is 18.1 Å². The van der Waals surface area contributed by atoms with Crippen molar-refractivity contribution in [2.24, 2.45) is 5.10 Å². The monoisotopic (exact) mass is 417 g/mol. The van der Waals surface area contributed by atoms with E-state index in [0.717, 1.165) is 16.7 Å². The van der Waals surface area contributed by atoms with Gasteiger partial charge in [-0.25, -0.2) is 0 Å². The van der Waals surface area contributed by atoms with Crippen LogP contribution in [-0.4, -0.2) is 33.9 Å². The van der Waals surface area contributed by atoms with E-state index >= 15 is 0 Å². The number of carboxylic acids is 1. The van der Waals surface area contributed by atoms with E-state index in [2.05, 4.69) is 21.9 Å². The Hall–Kier alpha value is -3.71. The Labute approximate surface area is 179 Å². The number of nitrogens with zero attached hydrogens (tertiary/aromatic N) is 1. The first-order valence-corrected chi connectivity index (χ1v) is 9.97. The third-order valence-electron chi connectivity index (χ3n) is 5.37. The number of hydrogen-bond acceptors (Lipinski definition) is 5. The molecule has 1 heterocycles. The van der Waals surface area contributed by atoms with E-state index < -0.39 is 18.0 Å². The number of carboxylic acid groups (broad SMARTS) is 1. The van der Waals surface area contributed by atoms with E-state index in [9.17, 15) is 19.8 Å². The minimum Gasteiger partial charge on any atom is -0.481 e. The molecule has 0 saturated heterocycles. The number of aliphatic carboxylic acids is 1. The number of fused-ring (bicyclic) bond motifs is 1. The molecule has 2 aromatic carbocycles. The third kappa shape index (κ3) is 4.13. The molecule has 2 aliphatic rings. The number of hydrazone groups is 1. The number of nitrogens with one attached hydrogen (secondary N) is 2. The van der Waals surface area contributed by atoms with Gasteiger partial charge in [-0.15, -0.1) is 0 Å². The fraction of sp³-hybridized carbons (Fsp3) is 0.208. The molecule has 1 aliphatic heterocycles. The molecule has 0 fully saturated rings. The van der Waals surface area contributed by atoms with Crippen LogP contribution in [0.25, 0.3) is 0 Å². The number of anilines is 1. The normalized spacial score (nSPS) is 20.9. The molecule has 4 N–H and O–H groups in total. The number of amides is 1. The summed E-state index contributed by atoms with van der Waals surface area (Å²) in [7, 11) is 0. The molecule has 0 bridgehead atoms. The molecular weight excluding hydrogens is 394 g/mol. The highest BCUT2D eigenvalue weighted by Gasteiger charge is 2.30. The van der Waals surface area contributed by atoms with Crippen LogP contribution in [-0.2, 0) is 16.0 Å². The second-order valence-electron chi connectivity index (χ2n) is 7.84. The molecular formula is C24H23N3O4. The number of hydrogen-bond donors (Lipinski definition) is 4. The van der Waals surface area contributed by atoms with Crippen molar-refractivity contribution in [3.05, 3.63) is 88.1 Å². The van der Waals surface area contributed by atoms with Gasteiger partial charge in [-0.05, 0) is 37.1 Å². The summed E-state index contributed by atoms with van der Waals surface area (Å²) < 4.78 is 0. The van der Waals surface area contributed by atoms with Crippen molar-refractivity contribution in [2.75, 3.05) is 5.32 Å². The molecule has 2 aromatic rings. The lowest BCUT2D eigenvalue weighted by Crippen LogP contribution is -2.29. The fourth-order valence-electron chi connectivity index (χ4n) is 4.09. The van der Waals surface area contributed by atoms with Crippen LogP contribution >= 0.6 is 0 Å². The smallest absolute Gasteiger partial charge is 0.307 e. The Morgan fingerprint density at radius 1 is 1.19 bits per heavy atom. The lowest BCUT2D eigenvalue weighted by molar-refractivity contribution is -0.136. The van der Waals surface area contributed by atoms with Crippen molar-refractivity contribution in [2.45, 2.75) is 32.3 Å². The molecule has 0 radical (unpaired) electrons. The summed E-state index contributed by atoms with van der Waals surface area (Å²) >= 11 is 0. The van der Waals surface area contributed by atoms with Crippen molar-refractivity contribution in [3.63, 3.8) is 0 Å². The summed E-state index contributed by atoms with van der Waals surface area (Å²) in [6, 6.07) is 11.2. The summed E-state index contributed by atoms with van der Waals surface area (Å²) in [5.41, 5.74) is 8.10. The van der Waals surface area contributed by atoms with Crippen LogP contribution in [0.4, 0.5) is 5.69 Å². The van der Waals surface area contributed by atoms with Gasteiger partial charge in [-0.3, -0.25) is 15.0 Å². The number of benzene rings is 2. The molecule has 2 unspecified atom stereocenters. The molecule has 1 amide bonds. The van der Waals surface area contributed by atoms with Crippen molar-refractivity contribution in [1.82, 2.24) is 5.43 Å². The highest BCUT2D eigenvalue weighted by molar-refractivity contribution is 6.54. The predicted molar refractivity (Wildman–Crippen MR) is 118 cm³/mol. The summed E-state index contributed by atoms with van der Waals surface area (Å²) in [6.07, 6.45) is 4.40. The average Bonchev–Trinajstić information content (AvgIpc) is 3.02. The Kier molecular flexibility index (Phi) is 5.44. The third-order valence-corrected chi connectivity index (χ3v) is 5.37. The molecule has 0 spiro atoms. The molecule has 0 saturated carbocycles. The van der Waals surface area contributed by atoms with E-state index in [1.165, 1.54) is 0 Å². The molecule has 1 aliphatic carbocycles. The van der Waals surface area contributed by atoms with Crippen LogP contribution < -0.4 is 10.7 Å². The number of aliphatic hydroxyl groups is 1. The Morgan fingerprint density at radius 3 is 2.65 bits per heavy atom. The van der Waals surface area contributed by atoms with E-state index in [4.69, 9.17) is 0 Å². The molecule has 4 rings (SSSR count). The number of aryl methyl sites for hydroxylation is 2. The maximum Gasteiger partial charge on any atom is 0.307 e. The maximum absolute atomic E-state index is 12.5. The Bertz CT molecular complexity index is 1140. The first kappa shape index (κ1) is 20.6. The Balaban J connectivity index is 1.61. The number of aliphatic hydroxyl groups excluding tert-OH is 1. The van der Waals surface area contributed by atoms with Gasteiger partial charge in [-0.1, -0.05) is 53.6 Å². The SMILES string of the molecule is Cc1cc(C)cc(C2C=CC=C(NN=C3C(=O)Nc4cccc(CC(=O)O)c43)C2O)c1. The summed E-state index contributed by atoms with van der Waals surface area (Å²) in [4.78, 5) is 23.7. The Morgan fingerprint density at radius 2 is 1.94 bits per heavy atom. The van der Waals surface area contributed by atoms with Gasteiger partial charge in [0.1, 0.15) is 6.10 Å². The van der Waals surface area contributed by atoms with Crippen LogP contribution in [0.2, 0.25) is 0 Å². The molecule has 7 nitrogen and oxygen atoms in total. The van der Waals surface area contributed by atoms with Crippen molar-refractivity contribution in [3.8, 4) is 0 Å². The van der Waals surface area contributed by atoms with Crippen molar-refractivity contribution < 1.29 is 19.8 Å². The molecule has 0 aromatic heterocycles. The van der Waals surface area contributed by atoms with Gasteiger partial charge < -0.3 is 15.5 Å². The zero-order valence-electron chi connectivity index (χ0n) is 17.2. The minimum atomic E-state index is -0.994. The van der Waals surface area contributed by atoms with Crippen LogP contribution in [0.3, 0.4) is 0 Å². The molecule has 158 valence electrons. The van der Waals surface area contributed by atoms with Gasteiger partial charge in [-0.2, -0.15) is 5.10 Å². The van der Waals surface area contributed by atoms with Crippen molar-refractivity contribution >= 4 is 23.3 Å². The van der Waals surface area contributed by atoms with Gasteiger partial charge in [0.15, 0.2) is 5.71 Å². The van der Waals surface area contributed by atoms with Gasteiger partial charge >= 0.3 is 5.97 Å². The largest absolute Gasteiger partial charge is 0.481 e. The van der Waals surface area contributed by atoms with Gasteiger partial charge in [0.05, 0.1) is 17.8 Å². The summed E-state index contributed by atoms with van der Waals surface area (Å²) in [5.74, 6) is -1.67. The topological polar surface area (TPSA) is 111 Å². The van der Waals surface area contributed by atoms with E-state index in [1.54, 1.807) is 24.3 Å².